The highest BCUT2D eigenvalue weighted by Crippen LogP contribution is 2.47. The van der Waals surface area contributed by atoms with Crippen LogP contribution >= 0.6 is 0 Å². The van der Waals surface area contributed by atoms with Crippen molar-refractivity contribution >= 4 is 65.0 Å². The summed E-state index contributed by atoms with van der Waals surface area (Å²) in [4.78, 5) is 0. The third-order valence-corrected chi connectivity index (χ3v) is 9.48. The fourth-order valence-corrected chi connectivity index (χ4v) is 7.33. The van der Waals surface area contributed by atoms with Crippen LogP contribution in [-0.2, 0) is 0 Å². The van der Waals surface area contributed by atoms with Gasteiger partial charge in [0, 0.05) is 10.8 Å². The average Bonchev–Trinajstić information content (AvgIpc) is 3.53. The van der Waals surface area contributed by atoms with E-state index in [1.807, 2.05) is 97.1 Å². The maximum Gasteiger partial charge on any atom is 0.136 e. The topological polar surface area (TPSA) is 13.1 Å². The van der Waals surface area contributed by atoms with Crippen LogP contribution in [0, 0.1) is 0 Å². The molecule has 1 heterocycles. The lowest BCUT2D eigenvalue weighted by Crippen LogP contribution is -1.91. The molecule has 0 saturated carbocycles. The molecule has 10 rings (SSSR count). The minimum absolute atomic E-state index is 0.0552. The Labute approximate surface area is 277 Å². The summed E-state index contributed by atoms with van der Waals surface area (Å²) in [6.45, 7) is 0. The molecule has 0 aliphatic carbocycles. The van der Waals surface area contributed by atoms with E-state index >= 15 is 0 Å². The fourth-order valence-electron chi connectivity index (χ4n) is 7.33. The van der Waals surface area contributed by atoms with E-state index in [1.54, 1.807) is 0 Å². The van der Waals surface area contributed by atoms with Crippen LogP contribution in [-0.4, -0.2) is 0 Å². The summed E-state index contributed by atoms with van der Waals surface area (Å²) in [6, 6.07) is 48.6. The molecule has 0 amide bonds. The molecule has 218 valence electrons. The summed E-state index contributed by atoms with van der Waals surface area (Å²) in [6.07, 6.45) is 0. The smallest absolute Gasteiger partial charge is 0.136 e. The number of rotatable bonds is 3. The molecule has 47 heavy (non-hydrogen) atoms. The second kappa shape index (κ2) is 10.2. The molecule has 0 bridgehead atoms. The van der Waals surface area contributed by atoms with Crippen LogP contribution < -0.4 is 0 Å². The molecule has 0 spiro atoms. The Bertz CT molecular complexity index is 3000. The van der Waals surface area contributed by atoms with Crippen molar-refractivity contribution in [1.29, 1.82) is 0 Å². The quantitative estimate of drug-likeness (QED) is 0.184. The predicted octanol–water partition coefficient (Wildman–Crippen LogP) is 13.2. The summed E-state index contributed by atoms with van der Waals surface area (Å²) in [5.41, 5.74) is 5.66. The predicted molar refractivity (Wildman–Crippen MR) is 200 cm³/mol. The van der Waals surface area contributed by atoms with E-state index in [1.165, 1.54) is 0 Å². The lowest BCUT2D eigenvalue weighted by atomic mass is 9.84. The van der Waals surface area contributed by atoms with Crippen molar-refractivity contribution in [3.05, 3.63) is 170 Å². The molecule has 0 fully saturated rings. The molecule has 1 nitrogen and oxygen atoms in total. The first-order valence-electron chi connectivity index (χ1n) is 17.9. The monoisotopic (exact) mass is 600 g/mol. The van der Waals surface area contributed by atoms with E-state index < -0.39 is 0 Å². The Morgan fingerprint density at radius 1 is 0.362 bits per heavy atom. The molecule has 10 aromatic rings. The van der Waals surface area contributed by atoms with Gasteiger partial charge in [-0.15, -0.1) is 0 Å². The van der Waals surface area contributed by atoms with Crippen molar-refractivity contribution in [3.63, 3.8) is 0 Å². The van der Waals surface area contributed by atoms with Gasteiger partial charge in [0.25, 0.3) is 0 Å². The highest BCUT2D eigenvalue weighted by molar-refractivity contribution is 6.26. The molecule has 1 aromatic heterocycles. The lowest BCUT2D eigenvalue weighted by Gasteiger charge is -2.18. The van der Waals surface area contributed by atoms with Crippen LogP contribution in [0.15, 0.2) is 174 Å². The van der Waals surface area contributed by atoms with Gasteiger partial charge in [-0.05, 0) is 101 Å². The van der Waals surface area contributed by atoms with Gasteiger partial charge in [-0.2, -0.15) is 0 Å². The zero-order valence-corrected chi connectivity index (χ0v) is 25.3. The molecule has 0 aliphatic rings. The Morgan fingerprint density at radius 2 is 0.915 bits per heavy atom. The van der Waals surface area contributed by atoms with E-state index in [0.717, 1.165) is 76.2 Å². The summed E-state index contributed by atoms with van der Waals surface area (Å²) in [7, 11) is 0. The third kappa shape index (κ3) is 4.03. The molecule has 0 saturated heterocycles. The summed E-state index contributed by atoms with van der Waals surface area (Å²) < 4.78 is 43.9. The fraction of sp³-hybridized carbons (Fsp3) is 0. The Balaban J connectivity index is 1.28. The second-order valence-corrected chi connectivity index (χ2v) is 12.1. The van der Waals surface area contributed by atoms with Crippen molar-refractivity contribution in [2.24, 2.45) is 0 Å². The summed E-state index contributed by atoms with van der Waals surface area (Å²) in [5.74, 6) is 0. The van der Waals surface area contributed by atoms with Gasteiger partial charge in [-0.1, -0.05) is 145 Å². The molecule has 9 aromatic carbocycles. The normalized spacial score (nSPS) is 13.0. The van der Waals surface area contributed by atoms with Crippen molar-refractivity contribution in [2.75, 3.05) is 0 Å². The third-order valence-electron chi connectivity index (χ3n) is 9.48. The van der Waals surface area contributed by atoms with Gasteiger partial charge in [0.2, 0.25) is 0 Å². The number of hydrogen-bond donors (Lipinski definition) is 0. The minimum atomic E-state index is -0.0583. The molecule has 0 unspecified atom stereocenters. The summed E-state index contributed by atoms with van der Waals surface area (Å²) in [5, 5.41) is 10.0. The van der Waals surface area contributed by atoms with Gasteiger partial charge in [-0.3, -0.25) is 0 Å². The van der Waals surface area contributed by atoms with Crippen molar-refractivity contribution in [3.8, 4) is 33.4 Å². The average molecular weight is 601 g/mol. The second-order valence-electron chi connectivity index (χ2n) is 12.1. The van der Waals surface area contributed by atoms with Gasteiger partial charge in [-0.25, -0.2) is 0 Å². The standard InChI is InChI=1S/C46H28O/c1-2-11-32-26-35(25-22-29(32)10-1)30-20-23-31(24-21-30)44-36-14-5-7-16-38(36)45(39-17-8-6-15-37(39)44)40-18-9-19-42-46(40)41-27-33-12-3-4-13-34(33)28-43(41)47-42/h1-28H/i20D,21D,23D,24D. The van der Waals surface area contributed by atoms with Crippen LogP contribution in [0.25, 0.3) is 98.4 Å². The molecule has 0 atom stereocenters. The molecular formula is C46H28O. The lowest BCUT2D eigenvalue weighted by molar-refractivity contribution is 0.669. The first kappa shape index (κ1) is 22.3. The van der Waals surface area contributed by atoms with Crippen LogP contribution in [0.3, 0.4) is 0 Å². The Hall–Kier alpha value is -6.18. The van der Waals surface area contributed by atoms with Gasteiger partial charge in [0.1, 0.15) is 11.2 Å². The van der Waals surface area contributed by atoms with Crippen molar-refractivity contribution in [1.82, 2.24) is 0 Å². The highest BCUT2D eigenvalue weighted by Gasteiger charge is 2.20. The van der Waals surface area contributed by atoms with E-state index in [2.05, 4.69) is 48.5 Å². The maximum absolute atomic E-state index is 9.43. The maximum atomic E-state index is 9.43. The zero-order valence-electron chi connectivity index (χ0n) is 29.3. The van der Waals surface area contributed by atoms with E-state index in [4.69, 9.17) is 4.42 Å². The van der Waals surface area contributed by atoms with Crippen molar-refractivity contribution in [2.45, 2.75) is 0 Å². The largest absolute Gasteiger partial charge is 0.456 e. The van der Waals surface area contributed by atoms with Crippen molar-refractivity contribution < 1.29 is 9.90 Å². The van der Waals surface area contributed by atoms with Gasteiger partial charge < -0.3 is 4.42 Å². The first-order valence-corrected chi connectivity index (χ1v) is 15.9. The number of fused-ring (bicyclic) bond motifs is 7. The number of hydrogen-bond acceptors (Lipinski definition) is 1. The molecular weight excluding hydrogens is 569 g/mol. The van der Waals surface area contributed by atoms with Gasteiger partial charge in [0.05, 0.1) is 5.48 Å². The van der Waals surface area contributed by atoms with E-state index in [0.29, 0.717) is 22.3 Å². The Kier molecular flexibility index (Phi) is 4.83. The molecule has 1 heteroatoms. The van der Waals surface area contributed by atoms with Gasteiger partial charge in [0.15, 0.2) is 0 Å². The number of benzene rings is 9. The Morgan fingerprint density at radius 3 is 1.60 bits per heavy atom. The van der Waals surface area contributed by atoms with Crippen LogP contribution in [0.1, 0.15) is 5.48 Å². The van der Waals surface area contributed by atoms with Crippen LogP contribution in [0.5, 0.6) is 0 Å². The van der Waals surface area contributed by atoms with Crippen LogP contribution in [0.4, 0.5) is 0 Å². The minimum Gasteiger partial charge on any atom is -0.456 e. The van der Waals surface area contributed by atoms with E-state index in [9.17, 15) is 5.48 Å². The molecule has 0 aliphatic heterocycles. The molecule has 0 N–H and O–H groups in total. The SMILES string of the molecule is [2H]c1c([2H])c(-c2c3ccccc3c(-c3cccc4oc5cc6ccccc6cc5c34)c3ccccc23)c([2H])c([2H])c1-c1ccc2ccccc2c1. The summed E-state index contributed by atoms with van der Waals surface area (Å²) >= 11 is 0. The highest BCUT2D eigenvalue weighted by atomic mass is 16.3. The van der Waals surface area contributed by atoms with Crippen LogP contribution in [0.2, 0.25) is 0 Å². The van der Waals surface area contributed by atoms with Gasteiger partial charge >= 0.3 is 0 Å². The number of furan rings is 1. The van der Waals surface area contributed by atoms with E-state index in [-0.39, 0.29) is 24.2 Å². The zero-order chi connectivity index (χ0) is 34.4. The molecule has 0 radical (unpaired) electrons. The first-order chi connectivity index (χ1) is 25.0.